The van der Waals surface area contributed by atoms with E-state index in [1.807, 2.05) is 6.07 Å². The van der Waals surface area contributed by atoms with Crippen molar-refractivity contribution in [1.29, 1.82) is 0 Å². The molecule has 0 atom stereocenters. The number of ether oxygens (including phenoxy) is 1. The minimum absolute atomic E-state index is 0.542. The van der Waals surface area contributed by atoms with Crippen LogP contribution < -0.4 is 5.32 Å². The number of methoxy groups -OCH3 is 1. The average molecular weight is 193 g/mol. The number of anilines is 1. The smallest absolute Gasteiger partial charge is 0.129 e. The fourth-order valence-corrected chi connectivity index (χ4v) is 1.29. The molecule has 0 aromatic carbocycles. The maximum Gasteiger partial charge on any atom is 0.129 e. The molecule has 1 fully saturated rings. The first-order valence-corrected chi connectivity index (χ1v) is 4.92. The molecule has 1 aromatic heterocycles. The highest BCUT2D eigenvalue weighted by Gasteiger charge is 2.20. The minimum atomic E-state index is 0.542. The van der Waals surface area contributed by atoms with Crippen molar-refractivity contribution in [2.45, 2.75) is 19.4 Å². The summed E-state index contributed by atoms with van der Waals surface area (Å²) < 4.78 is 5.00. The molecular weight excluding hydrogens is 178 g/mol. The standard InChI is InChI=1S/C10H15N3O/c1-14-6-9-4-10(13-7-12-9)11-5-8-2-3-8/h4,7-8H,2-3,5-6H2,1H3,(H,11,12,13). The molecule has 4 nitrogen and oxygen atoms in total. The molecule has 0 aliphatic heterocycles. The van der Waals surface area contributed by atoms with Gasteiger partial charge in [-0.1, -0.05) is 0 Å². The van der Waals surface area contributed by atoms with Gasteiger partial charge in [0.05, 0.1) is 12.3 Å². The van der Waals surface area contributed by atoms with Gasteiger partial charge in [0.1, 0.15) is 12.1 Å². The third-order valence-corrected chi connectivity index (χ3v) is 2.28. The second kappa shape index (κ2) is 4.37. The molecule has 0 radical (unpaired) electrons. The van der Waals surface area contributed by atoms with Gasteiger partial charge < -0.3 is 10.1 Å². The predicted octanol–water partition coefficient (Wildman–Crippen LogP) is 1.44. The lowest BCUT2D eigenvalue weighted by atomic mass is 10.4. The number of nitrogens with zero attached hydrogens (tertiary/aromatic N) is 2. The molecule has 1 aromatic rings. The molecule has 4 heteroatoms. The van der Waals surface area contributed by atoms with E-state index in [0.29, 0.717) is 6.61 Å². The van der Waals surface area contributed by atoms with Gasteiger partial charge in [0, 0.05) is 19.7 Å². The van der Waals surface area contributed by atoms with Crippen LogP contribution in [-0.4, -0.2) is 23.6 Å². The zero-order valence-corrected chi connectivity index (χ0v) is 8.36. The molecule has 0 bridgehead atoms. The van der Waals surface area contributed by atoms with Gasteiger partial charge in [-0.2, -0.15) is 0 Å². The Hall–Kier alpha value is -1.16. The van der Waals surface area contributed by atoms with E-state index in [0.717, 1.165) is 24.0 Å². The molecule has 2 rings (SSSR count). The number of aromatic nitrogens is 2. The van der Waals surface area contributed by atoms with Crippen molar-refractivity contribution < 1.29 is 4.74 Å². The van der Waals surface area contributed by atoms with Crippen LogP contribution in [0.25, 0.3) is 0 Å². The van der Waals surface area contributed by atoms with Crippen LogP contribution in [0.2, 0.25) is 0 Å². The van der Waals surface area contributed by atoms with E-state index in [1.165, 1.54) is 12.8 Å². The van der Waals surface area contributed by atoms with E-state index in [9.17, 15) is 0 Å². The summed E-state index contributed by atoms with van der Waals surface area (Å²) in [5, 5.41) is 3.30. The van der Waals surface area contributed by atoms with Gasteiger partial charge in [-0.05, 0) is 18.8 Å². The third kappa shape index (κ3) is 2.67. The summed E-state index contributed by atoms with van der Waals surface area (Å²) in [6, 6.07) is 1.94. The summed E-state index contributed by atoms with van der Waals surface area (Å²) in [4.78, 5) is 8.24. The summed E-state index contributed by atoms with van der Waals surface area (Å²) in [5.41, 5.74) is 0.917. The Bertz CT molecular complexity index is 299. The van der Waals surface area contributed by atoms with Crippen LogP contribution in [0.3, 0.4) is 0 Å². The predicted molar refractivity (Wildman–Crippen MR) is 54.0 cm³/mol. The first-order chi connectivity index (χ1) is 6.88. The Morgan fingerprint density at radius 3 is 3.07 bits per heavy atom. The highest BCUT2D eigenvalue weighted by molar-refractivity contribution is 5.34. The van der Waals surface area contributed by atoms with Crippen LogP contribution in [0.15, 0.2) is 12.4 Å². The van der Waals surface area contributed by atoms with Crippen LogP contribution >= 0.6 is 0 Å². The number of rotatable bonds is 5. The van der Waals surface area contributed by atoms with Crippen molar-refractivity contribution in [3.63, 3.8) is 0 Å². The van der Waals surface area contributed by atoms with Gasteiger partial charge >= 0.3 is 0 Å². The van der Waals surface area contributed by atoms with Crippen LogP contribution in [0.5, 0.6) is 0 Å². The lowest BCUT2D eigenvalue weighted by Gasteiger charge is -2.05. The van der Waals surface area contributed by atoms with Crippen molar-refractivity contribution in [3.05, 3.63) is 18.1 Å². The topological polar surface area (TPSA) is 47.0 Å². The zero-order valence-electron chi connectivity index (χ0n) is 8.36. The third-order valence-electron chi connectivity index (χ3n) is 2.28. The Morgan fingerprint density at radius 1 is 1.50 bits per heavy atom. The highest BCUT2D eigenvalue weighted by atomic mass is 16.5. The Morgan fingerprint density at radius 2 is 2.36 bits per heavy atom. The minimum Gasteiger partial charge on any atom is -0.378 e. The number of hydrogen-bond acceptors (Lipinski definition) is 4. The second-order valence-electron chi connectivity index (χ2n) is 3.65. The molecule has 1 heterocycles. The van der Waals surface area contributed by atoms with Gasteiger partial charge in [-0.15, -0.1) is 0 Å². The average Bonchev–Trinajstić information content (AvgIpc) is 2.99. The maximum absolute atomic E-state index is 5.00. The molecule has 14 heavy (non-hydrogen) atoms. The Kier molecular flexibility index (Phi) is 2.93. The van der Waals surface area contributed by atoms with Crippen molar-refractivity contribution in [2.75, 3.05) is 19.0 Å². The first kappa shape index (κ1) is 9.40. The number of nitrogens with one attached hydrogen (secondary N) is 1. The molecule has 1 saturated carbocycles. The SMILES string of the molecule is COCc1cc(NCC2CC2)ncn1. The van der Waals surface area contributed by atoms with Crippen LogP contribution in [0.4, 0.5) is 5.82 Å². The van der Waals surface area contributed by atoms with Gasteiger partial charge in [0.15, 0.2) is 0 Å². The molecular formula is C10H15N3O. The Labute approximate surface area is 83.7 Å². The monoisotopic (exact) mass is 193 g/mol. The highest BCUT2D eigenvalue weighted by Crippen LogP contribution is 2.28. The fraction of sp³-hybridized carbons (Fsp3) is 0.600. The summed E-state index contributed by atoms with van der Waals surface area (Å²) in [6.07, 6.45) is 4.27. The summed E-state index contributed by atoms with van der Waals surface area (Å²) in [6.45, 7) is 1.57. The van der Waals surface area contributed by atoms with Gasteiger partial charge in [0.2, 0.25) is 0 Å². The second-order valence-corrected chi connectivity index (χ2v) is 3.65. The molecule has 76 valence electrons. The van der Waals surface area contributed by atoms with E-state index in [1.54, 1.807) is 13.4 Å². The fourth-order valence-electron chi connectivity index (χ4n) is 1.29. The molecule has 0 spiro atoms. The first-order valence-electron chi connectivity index (χ1n) is 4.92. The molecule has 0 unspecified atom stereocenters. The van der Waals surface area contributed by atoms with Gasteiger partial charge in [0.25, 0.3) is 0 Å². The largest absolute Gasteiger partial charge is 0.378 e. The van der Waals surface area contributed by atoms with E-state index in [2.05, 4.69) is 15.3 Å². The van der Waals surface area contributed by atoms with Crippen molar-refractivity contribution in [2.24, 2.45) is 5.92 Å². The van der Waals surface area contributed by atoms with Crippen molar-refractivity contribution in [1.82, 2.24) is 9.97 Å². The van der Waals surface area contributed by atoms with Crippen LogP contribution in [-0.2, 0) is 11.3 Å². The van der Waals surface area contributed by atoms with Gasteiger partial charge in [-0.25, -0.2) is 9.97 Å². The Balaban J connectivity index is 1.90. The van der Waals surface area contributed by atoms with E-state index in [4.69, 9.17) is 4.74 Å². The van der Waals surface area contributed by atoms with E-state index in [-0.39, 0.29) is 0 Å². The summed E-state index contributed by atoms with van der Waals surface area (Å²) >= 11 is 0. The molecule has 1 aliphatic rings. The molecule has 1 aliphatic carbocycles. The van der Waals surface area contributed by atoms with Gasteiger partial charge in [-0.3, -0.25) is 0 Å². The molecule has 1 N–H and O–H groups in total. The number of hydrogen-bond donors (Lipinski definition) is 1. The summed E-state index contributed by atoms with van der Waals surface area (Å²) in [7, 11) is 1.67. The zero-order chi connectivity index (χ0) is 9.80. The lowest BCUT2D eigenvalue weighted by molar-refractivity contribution is 0.181. The quantitative estimate of drug-likeness (QED) is 0.768. The van der Waals surface area contributed by atoms with Crippen LogP contribution in [0.1, 0.15) is 18.5 Å². The van der Waals surface area contributed by atoms with Crippen LogP contribution in [0, 0.1) is 5.92 Å². The lowest BCUT2D eigenvalue weighted by Crippen LogP contribution is -2.06. The van der Waals surface area contributed by atoms with E-state index >= 15 is 0 Å². The maximum atomic E-state index is 5.00. The van der Waals surface area contributed by atoms with Crippen molar-refractivity contribution >= 4 is 5.82 Å². The molecule has 0 amide bonds. The van der Waals surface area contributed by atoms with E-state index < -0.39 is 0 Å². The molecule has 0 saturated heterocycles. The summed E-state index contributed by atoms with van der Waals surface area (Å²) in [5.74, 6) is 1.76. The van der Waals surface area contributed by atoms with Crippen molar-refractivity contribution in [3.8, 4) is 0 Å². The normalized spacial score (nSPS) is 15.5.